The predicted molar refractivity (Wildman–Crippen MR) is 78.1 cm³/mol. The summed E-state index contributed by atoms with van der Waals surface area (Å²) in [5.74, 6) is 0.976. The molecule has 2 atom stereocenters. The van der Waals surface area contributed by atoms with E-state index in [1.807, 2.05) is 24.1 Å². The SMILES string of the molecule is CN(C1=NS(=O)(=O)c2ccccc21)C1CCCC1CN. The molecule has 1 heterocycles. The first-order chi connectivity index (χ1) is 9.54. The molecule has 1 fully saturated rings. The lowest BCUT2D eigenvalue weighted by molar-refractivity contribution is 0.298. The van der Waals surface area contributed by atoms with Crippen LogP contribution in [0.5, 0.6) is 0 Å². The van der Waals surface area contributed by atoms with E-state index >= 15 is 0 Å². The van der Waals surface area contributed by atoms with Crippen LogP contribution in [-0.4, -0.2) is 38.8 Å². The first-order valence-corrected chi connectivity index (χ1v) is 8.36. The van der Waals surface area contributed by atoms with Gasteiger partial charge in [0, 0.05) is 18.7 Å². The number of nitrogens with two attached hydrogens (primary N) is 1. The zero-order chi connectivity index (χ0) is 14.3. The highest BCUT2D eigenvalue weighted by molar-refractivity contribution is 7.90. The van der Waals surface area contributed by atoms with Gasteiger partial charge in [-0.2, -0.15) is 8.42 Å². The monoisotopic (exact) mass is 293 g/mol. The van der Waals surface area contributed by atoms with Gasteiger partial charge in [0.25, 0.3) is 10.0 Å². The van der Waals surface area contributed by atoms with Crippen LogP contribution in [0.25, 0.3) is 0 Å². The third-order valence-corrected chi connectivity index (χ3v) is 5.69. The molecular formula is C14H19N3O2S. The van der Waals surface area contributed by atoms with E-state index in [0.717, 1.165) is 19.3 Å². The van der Waals surface area contributed by atoms with Crippen LogP contribution in [-0.2, 0) is 10.0 Å². The Hall–Kier alpha value is -1.40. The second-order valence-corrected chi connectivity index (χ2v) is 7.06. The lowest BCUT2D eigenvalue weighted by Gasteiger charge is -2.30. The topological polar surface area (TPSA) is 75.8 Å². The Morgan fingerprint density at radius 3 is 2.85 bits per heavy atom. The zero-order valence-corrected chi connectivity index (χ0v) is 12.3. The van der Waals surface area contributed by atoms with Gasteiger partial charge in [-0.05, 0) is 37.4 Å². The first kappa shape index (κ1) is 13.6. The number of nitrogens with zero attached hydrogens (tertiary/aromatic N) is 2. The molecule has 2 unspecified atom stereocenters. The fourth-order valence-electron chi connectivity index (χ4n) is 3.30. The van der Waals surface area contributed by atoms with Gasteiger partial charge in [-0.3, -0.25) is 0 Å². The summed E-state index contributed by atoms with van der Waals surface area (Å²) in [5, 5.41) is 0. The Labute approximate surface area is 119 Å². The summed E-state index contributed by atoms with van der Waals surface area (Å²) in [6.07, 6.45) is 3.28. The Balaban J connectivity index is 1.99. The molecule has 1 saturated carbocycles. The molecule has 0 saturated heterocycles. The Kier molecular flexibility index (Phi) is 3.30. The molecule has 2 aliphatic rings. The summed E-state index contributed by atoms with van der Waals surface area (Å²) in [6.45, 7) is 0.636. The largest absolute Gasteiger partial charge is 0.355 e. The summed E-state index contributed by atoms with van der Waals surface area (Å²) < 4.78 is 28.2. The van der Waals surface area contributed by atoms with Gasteiger partial charge in [-0.15, -0.1) is 4.40 Å². The summed E-state index contributed by atoms with van der Waals surface area (Å²) >= 11 is 0. The predicted octanol–water partition coefficient (Wildman–Crippen LogP) is 1.19. The molecule has 0 bridgehead atoms. The molecule has 0 amide bonds. The fourth-order valence-corrected chi connectivity index (χ4v) is 4.54. The zero-order valence-electron chi connectivity index (χ0n) is 11.5. The third-order valence-electron chi connectivity index (χ3n) is 4.37. The molecule has 0 aromatic heterocycles. The van der Waals surface area contributed by atoms with Crippen molar-refractivity contribution in [3.8, 4) is 0 Å². The minimum absolute atomic E-state index is 0.278. The van der Waals surface area contributed by atoms with Gasteiger partial charge in [-0.1, -0.05) is 18.6 Å². The van der Waals surface area contributed by atoms with E-state index < -0.39 is 10.0 Å². The number of sulfonamides is 1. The molecule has 1 aliphatic heterocycles. The molecule has 0 spiro atoms. The molecule has 2 N–H and O–H groups in total. The second kappa shape index (κ2) is 4.86. The quantitative estimate of drug-likeness (QED) is 0.889. The molecule has 0 radical (unpaired) electrons. The smallest absolute Gasteiger partial charge is 0.285 e. The van der Waals surface area contributed by atoms with Crippen LogP contribution in [0.15, 0.2) is 33.6 Å². The highest BCUT2D eigenvalue weighted by Gasteiger charge is 2.36. The lowest BCUT2D eigenvalue weighted by atomic mass is 10.0. The van der Waals surface area contributed by atoms with Gasteiger partial charge in [0.05, 0.1) is 0 Å². The van der Waals surface area contributed by atoms with Gasteiger partial charge in [0.1, 0.15) is 4.90 Å². The maximum atomic E-state index is 12.1. The molecule has 108 valence electrons. The van der Waals surface area contributed by atoms with Crippen molar-refractivity contribution in [2.45, 2.75) is 30.2 Å². The molecular weight excluding hydrogens is 274 g/mol. The van der Waals surface area contributed by atoms with Crippen molar-refractivity contribution in [2.24, 2.45) is 16.0 Å². The van der Waals surface area contributed by atoms with Crippen molar-refractivity contribution < 1.29 is 8.42 Å². The normalized spacial score (nSPS) is 27.2. The molecule has 6 heteroatoms. The number of rotatable bonds is 2. The Morgan fingerprint density at radius 2 is 2.10 bits per heavy atom. The number of benzene rings is 1. The minimum atomic E-state index is -3.54. The van der Waals surface area contributed by atoms with E-state index in [1.165, 1.54) is 0 Å². The van der Waals surface area contributed by atoms with Crippen LogP contribution < -0.4 is 5.73 Å². The van der Waals surface area contributed by atoms with E-state index in [4.69, 9.17) is 5.73 Å². The molecule has 5 nitrogen and oxygen atoms in total. The average molecular weight is 293 g/mol. The van der Waals surface area contributed by atoms with E-state index in [-0.39, 0.29) is 6.04 Å². The fraction of sp³-hybridized carbons (Fsp3) is 0.500. The van der Waals surface area contributed by atoms with Crippen LogP contribution in [0.4, 0.5) is 0 Å². The van der Waals surface area contributed by atoms with Crippen LogP contribution in [0.2, 0.25) is 0 Å². The summed E-state index contributed by atoms with van der Waals surface area (Å²) in [5.41, 5.74) is 6.53. The van der Waals surface area contributed by atoms with Gasteiger partial charge in [0.2, 0.25) is 0 Å². The van der Waals surface area contributed by atoms with E-state index in [9.17, 15) is 8.42 Å². The van der Waals surface area contributed by atoms with Crippen molar-refractivity contribution >= 4 is 15.9 Å². The summed E-state index contributed by atoms with van der Waals surface area (Å²) in [6, 6.07) is 7.29. The number of amidine groups is 1. The minimum Gasteiger partial charge on any atom is -0.355 e. The van der Waals surface area contributed by atoms with Gasteiger partial charge in [0.15, 0.2) is 5.84 Å². The Morgan fingerprint density at radius 1 is 1.35 bits per heavy atom. The van der Waals surface area contributed by atoms with Crippen molar-refractivity contribution in [2.75, 3.05) is 13.6 Å². The van der Waals surface area contributed by atoms with Crippen molar-refractivity contribution in [1.82, 2.24) is 4.90 Å². The van der Waals surface area contributed by atoms with Gasteiger partial charge < -0.3 is 10.6 Å². The highest BCUT2D eigenvalue weighted by atomic mass is 32.2. The van der Waals surface area contributed by atoms with Crippen LogP contribution in [0.3, 0.4) is 0 Å². The number of hydrogen-bond acceptors (Lipinski definition) is 4. The highest BCUT2D eigenvalue weighted by Crippen LogP contribution is 2.33. The number of hydrogen-bond donors (Lipinski definition) is 1. The van der Waals surface area contributed by atoms with Crippen LogP contribution in [0, 0.1) is 5.92 Å². The summed E-state index contributed by atoms with van der Waals surface area (Å²) in [7, 11) is -1.61. The van der Waals surface area contributed by atoms with E-state index in [2.05, 4.69) is 4.40 Å². The van der Waals surface area contributed by atoms with Crippen LogP contribution in [0.1, 0.15) is 24.8 Å². The molecule has 20 heavy (non-hydrogen) atoms. The van der Waals surface area contributed by atoms with Crippen molar-refractivity contribution in [3.05, 3.63) is 29.8 Å². The third kappa shape index (κ3) is 2.03. The van der Waals surface area contributed by atoms with E-state index in [1.54, 1.807) is 12.1 Å². The van der Waals surface area contributed by atoms with Gasteiger partial charge in [-0.25, -0.2) is 0 Å². The lowest BCUT2D eigenvalue weighted by Crippen LogP contribution is -2.41. The molecule has 1 aliphatic carbocycles. The van der Waals surface area contributed by atoms with Crippen molar-refractivity contribution in [3.63, 3.8) is 0 Å². The average Bonchev–Trinajstić information content (AvgIpc) is 3.01. The molecule has 1 aromatic carbocycles. The maximum absolute atomic E-state index is 12.1. The van der Waals surface area contributed by atoms with Crippen molar-refractivity contribution in [1.29, 1.82) is 0 Å². The second-order valence-electron chi connectivity index (χ2n) is 5.49. The van der Waals surface area contributed by atoms with E-state index in [0.29, 0.717) is 28.8 Å². The first-order valence-electron chi connectivity index (χ1n) is 6.92. The van der Waals surface area contributed by atoms with Crippen LogP contribution >= 0.6 is 0 Å². The standard InChI is InChI=1S/C14H19N3O2S/c1-17(12-7-4-5-10(12)9-15)14-11-6-2-3-8-13(11)20(18,19)16-14/h2-3,6,8,10,12H,4-5,7,9,15H2,1H3. The Bertz CT molecular complexity index is 654. The number of fused-ring (bicyclic) bond motifs is 1. The maximum Gasteiger partial charge on any atom is 0.285 e. The summed E-state index contributed by atoms with van der Waals surface area (Å²) in [4.78, 5) is 2.32. The van der Waals surface area contributed by atoms with Gasteiger partial charge >= 0.3 is 0 Å². The molecule has 1 aromatic rings. The molecule has 3 rings (SSSR count).